The van der Waals surface area contributed by atoms with Crippen LogP contribution in [-0.4, -0.2) is 18.8 Å². The van der Waals surface area contributed by atoms with Gasteiger partial charge in [-0.05, 0) is 25.2 Å². The fourth-order valence-electron chi connectivity index (χ4n) is 2.44. The molecule has 0 aliphatic carbocycles. The van der Waals surface area contributed by atoms with Gasteiger partial charge in [0.1, 0.15) is 0 Å². The van der Waals surface area contributed by atoms with Crippen molar-refractivity contribution in [2.45, 2.75) is 18.6 Å². The fourth-order valence-corrected chi connectivity index (χ4v) is 3.72. The quantitative estimate of drug-likeness (QED) is 0.767. The van der Waals surface area contributed by atoms with Crippen LogP contribution in [-0.2, 0) is 9.05 Å². The molecule has 0 bridgehead atoms. The minimum atomic E-state index is -1.02. The summed E-state index contributed by atoms with van der Waals surface area (Å²) in [7, 11) is 2.98. The average Bonchev–Trinajstić information content (AvgIpc) is 2.56. The Kier molecular flexibility index (Phi) is 4.67. The van der Waals surface area contributed by atoms with Gasteiger partial charge in [0, 0.05) is 6.42 Å². The monoisotopic (exact) mass is 301 g/mol. The van der Waals surface area contributed by atoms with Gasteiger partial charge in [-0.3, -0.25) is 0 Å². The second-order valence-electron chi connectivity index (χ2n) is 5.33. The Balaban J connectivity index is 1.85. The number of hydrogen-bond acceptors (Lipinski definition) is 3. The van der Waals surface area contributed by atoms with Crippen LogP contribution in [0.4, 0.5) is 0 Å². The predicted octanol–water partition coefficient (Wildman–Crippen LogP) is 4.69. The van der Waals surface area contributed by atoms with Gasteiger partial charge in [0.2, 0.25) is 0 Å². The van der Waals surface area contributed by atoms with Crippen molar-refractivity contribution in [3.8, 4) is 0 Å². The molecule has 1 aliphatic heterocycles. The molecule has 1 fully saturated rings. The van der Waals surface area contributed by atoms with Crippen molar-refractivity contribution >= 4 is 8.53 Å². The molecule has 21 heavy (non-hydrogen) atoms. The Morgan fingerprint density at radius 3 is 1.62 bits per heavy atom. The van der Waals surface area contributed by atoms with E-state index in [2.05, 4.69) is 48.5 Å². The number of rotatable bonds is 3. The zero-order valence-corrected chi connectivity index (χ0v) is 13.2. The van der Waals surface area contributed by atoms with Crippen molar-refractivity contribution in [3.05, 3.63) is 71.8 Å². The van der Waals surface area contributed by atoms with Crippen LogP contribution in [0.2, 0.25) is 0 Å². The summed E-state index contributed by atoms with van der Waals surface area (Å²) >= 11 is 0. The van der Waals surface area contributed by atoms with Crippen molar-refractivity contribution in [2.24, 2.45) is 0 Å². The Morgan fingerprint density at radius 1 is 0.810 bits per heavy atom. The highest BCUT2D eigenvalue weighted by Crippen LogP contribution is 2.56. The minimum Gasteiger partial charge on any atom is -0.314 e. The summed E-state index contributed by atoms with van der Waals surface area (Å²) in [5.74, 6) is 0. The maximum absolute atomic E-state index is 6.15. The summed E-state index contributed by atoms with van der Waals surface area (Å²) in [5, 5.41) is 0. The Labute approximate surface area is 127 Å². The van der Waals surface area contributed by atoms with Crippen molar-refractivity contribution in [3.63, 3.8) is 0 Å². The number of benzene rings is 2. The lowest BCUT2D eigenvalue weighted by molar-refractivity contribution is 0.0381. The third-order valence-corrected chi connectivity index (χ3v) is 5.06. The van der Waals surface area contributed by atoms with Crippen molar-refractivity contribution in [1.82, 2.24) is 4.67 Å². The molecule has 2 aromatic carbocycles. The lowest BCUT2D eigenvalue weighted by atomic mass is 9.99. The van der Waals surface area contributed by atoms with E-state index in [-0.39, 0.29) is 12.2 Å². The molecule has 0 saturated carbocycles. The normalized spacial score (nSPS) is 26.0. The molecular formula is C17H20NO2P. The van der Waals surface area contributed by atoms with Gasteiger partial charge in [0.25, 0.3) is 8.53 Å². The van der Waals surface area contributed by atoms with E-state index >= 15 is 0 Å². The first-order chi connectivity index (χ1) is 10.2. The summed E-state index contributed by atoms with van der Waals surface area (Å²) < 4.78 is 14.3. The highest BCUT2D eigenvalue weighted by atomic mass is 31.2. The van der Waals surface area contributed by atoms with Crippen LogP contribution >= 0.6 is 8.53 Å². The molecule has 2 unspecified atom stereocenters. The molecular weight excluding hydrogens is 281 g/mol. The standard InChI is InChI=1S/C17H20NO2P/c1-18(2)21-19-16(14-9-5-3-6-10-14)13-17(20-21)15-11-7-4-8-12-15/h3-12,16-17H,13H2,1-2H3. The summed E-state index contributed by atoms with van der Waals surface area (Å²) in [6.07, 6.45) is 1.01. The molecule has 0 amide bonds. The van der Waals surface area contributed by atoms with Crippen LogP contribution in [0.3, 0.4) is 0 Å². The van der Waals surface area contributed by atoms with Crippen molar-refractivity contribution < 1.29 is 9.05 Å². The van der Waals surface area contributed by atoms with Gasteiger partial charge in [-0.2, -0.15) is 0 Å². The second kappa shape index (κ2) is 6.67. The van der Waals surface area contributed by atoms with Crippen molar-refractivity contribution in [2.75, 3.05) is 14.1 Å². The summed E-state index contributed by atoms with van der Waals surface area (Å²) in [6, 6.07) is 20.8. The van der Waals surface area contributed by atoms with E-state index in [9.17, 15) is 0 Å². The molecule has 0 aromatic heterocycles. The molecule has 2 atom stereocenters. The SMILES string of the molecule is CN(C)P1OC(c2ccccc2)CC(c2ccccc2)O1. The van der Waals surface area contributed by atoms with E-state index in [1.165, 1.54) is 11.1 Å². The lowest BCUT2D eigenvalue weighted by Gasteiger charge is -2.37. The number of hydrogen-bond donors (Lipinski definition) is 0. The molecule has 2 aromatic rings. The molecule has 4 heteroatoms. The van der Waals surface area contributed by atoms with Gasteiger partial charge >= 0.3 is 0 Å². The topological polar surface area (TPSA) is 21.7 Å². The maximum Gasteiger partial charge on any atom is 0.259 e. The maximum atomic E-state index is 6.15. The van der Waals surface area contributed by atoms with E-state index in [4.69, 9.17) is 9.05 Å². The first-order valence-corrected chi connectivity index (χ1v) is 8.28. The van der Waals surface area contributed by atoms with Gasteiger partial charge in [-0.15, -0.1) is 0 Å². The Morgan fingerprint density at radius 2 is 1.24 bits per heavy atom. The van der Waals surface area contributed by atoms with Crippen LogP contribution < -0.4 is 0 Å². The molecule has 1 aliphatic rings. The molecule has 3 nitrogen and oxygen atoms in total. The van der Waals surface area contributed by atoms with Gasteiger partial charge in [0.15, 0.2) is 0 Å². The minimum absolute atomic E-state index is 0.0821. The Hall–Kier alpha value is -1.25. The molecule has 0 spiro atoms. The van der Waals surface area contributed by atoms with E-state index in [0.717, 1.165) is 6.42 Å². The van der Waals surface area contributed by atoms with Gasteiger partial charge < -0.3 is 9.05 Å². The van der Waals surface area contributed by atoms with Gasteiger partial charge in [-0.25, -0.2) is 4.67 Å². The smallest absolute Gasteiger partial charge is 0.259 e. The third-order valence-electron chi connectivity index (χ3n) is 3.53. The number of nitrogens with zero attached hydrogens (tertiary/aromatic N) is 1. The van der Waals surface area contributed by atoms with Gasteiger partial charge in [-0.1, -0.05) is 60.7 Å². The fraction of sp³-hybridized carbons (Fsp3) is 0.294. The van der Waals surface area contributed by atoms with E-state index in [0.29, 0.717) is 0 Å². The summed E-state index contributed by atoms with van der Waals surface area (Å²) in [5.41, 5.74) is 2.44. The lowest BCUT2D eigenvalue weighted by Crippen LogP contribution is -2.21. The summed E-state index contributed by atoms with van der Waals surface area (Å²) in [6.45, 7) is 0. The van der Waals surface area contributed by atoms with E-state index in [1.807, 2.05) is 30.9 Å². The predicted molar refractivity (Wildman–Crippen MR) is 85.8 cm³/mol. The molecule has 3 rings (SSSR count). The van der Waals surface area contributed by atoms with Gasteiger partial charge in [0.05, 0.1) is 12.2 Å². The van der Waals surface area contributed by atoms with Crippen LogP contribution in [0.1, 0.15) is 29.8 Å². The van der Waals surface area contributed by atoms with E-state index < -0.39 is 8.53 Å². The van der Waals surface area contributed by atoms with Crippen LogP contribution in [0.15, 0.2) is 60.7 Å². The zero-order chi connectivity index (χ0) is 14.7. The van der Waals surface area contributed by atoms with Crippen LogP contribution in [0, 0.1) is 0 Å². The zero-order valence-electron chi connectivity index (χ0n) is 12.3. The summed E-state index contributed by atoms with van der Waals surface area (Å²) in [4.78, 5) is 0. The van der Waals surface area contributed by atoms with E-state index in [1.54, 1.807) is 0 Å². The first kappa shape index (κ1) is 14.7. The highest BCUT2D eigenvalue weighted by molar-refractivity contribution is 7.44. The van der Waals surface area contributed by atoms with Crippen molar-refractivity contribution in [1.29, 1.82) is 0 Å². The highest BCUT2D eigenvalue weighted by Gasteiger charge is 2.34. The Bertz CT molecular complexity index is 514. The largest absolute Gasteiger partial charge is 0.314 e. The molecule has 0 N–H and O–H groups in total. The second-order valence-corrected chi connectivity index (χ2v) is 7.03. The molecule has 110 valence electrons. The third kappa shape index (κ3) is 3.50. The first-order valence-electron chi connectivity index (χ1n) is 7.15. The molecule has 1 saturated heterocycles. The average molecular weight is 301 g/mol. The molecule has 1 heterocycles. The molecule has 0 radical (unpaired) electrons. The van der Waals surface area contributed by atoms with Crippen LogP contribution in [0.5, 0.6) is 0 Å². The van der Waals surface area contributed by atoms with Crippen LogP contribution in [0.25, 0.3) is 0 Å².